The lowest BCUT2D eigenvalue weighted by Gasteiger charge is -2.29. The van der Waals surface area contributed by atoms with Crippen LogP contribution in [0.15, 0.2) is 47.4 Å². The first-order valence-electron chi connectivity index (χ1n) is 8.98. The number of anilines is 2. The van der Waals surface area contributed by atoms with E-state index >= 15 is 0 Å². The number of para-hydroxylation sites is 1. The third-order valence-electron chi connectivity index (χ3n) is 4.58. The van der Waals surface area contributed by atoms with Crippen molar-refractivity contribution in [3.8, 4) is 0 Å². The SMILES string of the molecule is Cc1ccc(C)c(NC(=O)CN(C)C(=O)CN2C(=O)CSc3ccccc32)c1. The van der Waals surface area contributed by atoms with Gasteiger partial charge in [-0.15, -0.1) is 11.8 Å². The largest absolute Gasteiger partial charge is 0.335 e. The molecule has 3 amide bonds. The maximum atomic E-state index is 12.6. The van der Waals surface area contributed by atoms with Gasteiger partial charge in [-0.1, -0.05) is 24.3 Å². The monoisotopic (exact) mass is 397 g/mol. The lowest BCUT2D eigenvalue weighted by molar-refractivity contribution is -0.133. The van der Waals surface area contributed by atoms with Crippen molar-refractivity contribution in [2.24, 2.45) is 0 Å². The molecule has 0 radical (unpaired) electrons. The summed E-state index contributed by atoms with van der Waals surface area (Å²) < 4.78 is 0. The number of amides is 3. The fourth-order valence-corrected chi connectivity index (χ4v) is 3.88. The van der Waals surface area contributed by atoms with Gasteiger partial charge in [-0.2, -0.15) is 0 Å². The zero-order valence-corrected chi connectivity index (χ0v) is 17.0. The quantitative estimate of drug-likeness (QED) is 0.842. The predicted octanol–water partition coefficient (Wildman–Crippen LogP) is 2.84. The van der Waals surface area contributed by atoms with Crippen molar-refractivity contribution in [2.45, 2.75) is 18.7 Å². The third-order valence-corrected chi connectivity index (χ3v) is 5.62. The summed E-state index contributed by atoms with van der Waals surface area (Å²) in [5.41, 5.74) is 3.49. The van der Waals surface area contributed by atoms with Crippen molar-refractivity contribution in [1.82, 2.24) is 4.90 Å². The highest BCUT2D eigenvalue weighted by molar-refractivity contribution is 8.00. The fourth-order valence-electron chi connectivity index (χ4n) is 2.95. The second-order valence-corrected chi connectivity index (χ2v) is 7.87. The highest BCUT2D eigenvalue weighted by Gasteiger charge is 2.27. The van der Waals surface area contributed by atoms with E-state index in [1.807, 2.05) is 56.3 Å². The van der Waals surface area contributed by atoms with Crippen molar-refractivity contribution in [1.29, 1.82) is 0 Å². The van der Waals surface area contributed by atoms with Crippen LogP contribution in [0.4, 0.5) is 11.4 Å². The van der Waals surface area contributed by atoms with Gasteiger partial charge in [0.15, 0.2) is 0 Å². The summed E-state index contributed by atoms with van der Waals surface area (Å²) in [6.45, 7) is 3.71. The summed E-state index contributed by atoms with van der Waals surface area (Å²) in [5.74, 6) is -0.358. The summed E-state index contributed by atoms with van der Waals surface area (Å²) in [5, 5.41) is 2.85. The van der Waals surface area contributed by atoms with Crippen molar-refractivity contribution in [3.05, 3.63) is 53.6 Å². The van der Waals surface area contributed by atoms with Gasteiger partial charge in [0.2, 0.25) is 17.7 Å². The number of thioether (sulfide) groups is 1. The molecule has 0 spiro atoms. The minimum Gasteiger partial charge on any atom is -0.335 e. The van der Waals surface area contributed by atoms with Crippen LogP contribution in [0.2, 0.25) is 0 Å². The standard InChI is InChI=1S/C21H23N3O3S/c1-14-8-9-15(2)16(10-14)22-19(25)11-23(3)20(26)12-24-17-6-4-5-7-18(17)28-13-21(24)27/h4-10H,11-13H2,1-3H3,(H,22,25). The van der Waals surface area contributed by atoms with Crippen molar-refractivity contribution in [2.75, 3.05) is 36.1 Å². The predicted molar refractivity (Wildman–Crippen MR) is 112 cm³/mol. The number of fused-ring (bicyclic) bond motifs is 1. The number of carbonyl (C=O) groups excluding carboxylic acids is 3. The van der Waals surface area contributed by atoms with Crippen LogP contribution in [-0.2, 0) is 14.4 Å². The van der Waals surface area contributed by atoms with Gasteiger partial charge in [-0.3, -0.25) is 14.4 Å². The number of aryl methyl sites for hydroxylation is 2. The van der Waals surface area contributed by atoms with E-state index in [4.69, 9.17) is 0 Å². The molecule has 1 aliphatic heterocycles. The zero-order valence-electron chi connectivity index (χ0n) is 16.2. The number of likely N-dealkylation sites (N-methyl/N-ethyl adjacent to an activating group) is 1. The Kier molecular flexibility index (Phi) is 6.04. The number of benzene rings is 2. The molecule has 0 saturated heterocycles. The van der Waals surface area contributed by atoms with Crippen molar-refractivity contribution in [3.63, 3.8) is 0 Å². The van der Waals surface area contributed by atoms with E-state index in [2.05, 4.69) is 5.32 Å². The minimum atomic E-state index is -0.286. The minimum absolute atomic E-state index is 0.0787. The van der Waals surface area contributed by atoms with Gasteiger partial charge >= 0.3 is 0 Å². The van der Waals surface area contributed by atoms with Crippen LogP contribution in [0, 0.1) is 13.8 Å². The maximum Gasteiger partial charge on any atom is 0.243 e. The molecule has 2 aromatic carbocycles. The first-order chi connectivity index (χ1) is 13.3. The average molecular weight is 398 g/mol. The van der Waals surface area contributed by atoms with E-state index in [0.717, 1.165) is 27.4 Å². The summed E-state index contributed by atoms with van der Waals surface area (Å²) >= 11 is 1.47. The average Bonchev–Trinajstić information content (AvgIpc) is 2.66. The summed E-state index contributed by atoms with van der Waals surface area (Å²) in [6.07, 6.45) is 0. The van der Waals surface area contributed by atoms with Gasteiger partial charge in [-0.05, 0) is 43.2 Å². The van der Waals surface area contributed by atoms with E-state index in [9.17, 15) is 14.4 Å². The molecule has 146 valence electrons. The Hall–Kier alpha value is -2.80. The number of carbonyl (C=O) groups is 3. The Balaban J connectivity index is 1.62. The highest BCUT2D eigenvalue weighted by atomic mass is 32.2. The van der Waals surface area contributed by atoms with Crippen LogP contribution in [0.1, 0.15) is 11.1 Å². The van der Waals surface area contributed by atoms with Gasteiger partial charge < -0.3 is 15.1 Å². The lowest BCUT2D eigenvalue weighted by atomic mass is 10.1. The lowest BCUT2D eigenvalue weighted by Crippen LogP contribution is -2.45. The van der Waals surface area contributed by atoms with Crippen LogP contribution >= 0.6 is 11.8 Å². The van der Waals surface area contributed by atoms with Gasteiger partial charge in [0.1, 0.15) is 6.54 Å². The van der Waals surface area contributed by atoms with Gasteiger partial charge in [0.05, 0.1) is 18.0 Å². The Labute approximate surface area is 168 Å². The third kappa shape index (κ3) is 4.54. The van der Waals surface area contributed by atoms with E-state index in [0.29, 0.717) is 5.75 Å². The van der Waals surface area contributed by atoms with Crippen molar-refractivity contribution >= 4 is 40.9 Å². The molecule has 0 aliphatic carbocycles. The molecule has 0 atom stereocenters. The molecule has 1 heterocycles. The normalized spacial score (nSPS) is 13.1. The van der Waals surface area contributed by atoms with E-state index in [1.54, 1.807) is 7.05 Å². The molecule has 7 heteroatoms. The van der Waals surface area contributed by atoms with Crippen LogP contribution < -0.4 is 10.2 Å². The summed E-state index contributed by atoms with van der Waals surface area (Å²) in [7, 11) is 1.57. The highest BCUT2D eigenvalue weighted by Crippen LogP contribution is 2.34. The summed E-state index contributed by atoms with van der Waals surface area (Å²) in [4.78, 5) is 41.1. The van der Waals surface area contributed by atoms with E-state index in [-0.39, 0.29) is 30.8 Å². The number of nitrogens with zero attached hydrogens (tertiary/aromatic N) is 2. The number of nitrogens with one attached hydrogen (secondary N) is 1. The van der Waals surface area contributed by atoms with Gasteiger partial charge in [0, 0.05) is 17.6 Å². The molecule has 0 fully saturated rings. The molecule has 0 unspecified atom stereocenters. The Morgan fingerprint density at radius 1 is 1.18 bits per heavy atom. The maximum absolute atomic E-state index is 12.6. The van der Waals surface area contributed by atoms with Gasteiger partial charge in [0.25, 0.3) is 0 Å². The van der Waals surface area contributed by atoms with Crippen LogP contribution in [0.3, 0.4) is 0 Å². The fraction of sp³-hybridized carbons (Fsp3) is 0.286. The second kappa shape index (κ2) is 8.48. The molecule has 1 aliphatic rings. The molecule has 0 bridgehead atoms. The number of hydrogen-bond acceptors (Lipinski definition) is 4. The number of hydrogen-bond donors (Lipinski definition) is 1. The van der Waals surface area contributed by atoms with Gasteiger partial charge in [-0.25, -0.2) is 0 Å². The van der Waals surface area contributed by atoms with Crippen LogP contribution in [-0.4, -0.2) is 48.5 Å². The Morgan fingerprint density at radius 3 is 2.71 bits per heavy atom. The topological polar surface area (TPSA) is 69.7 Å². The molecule has 0 saturated carbocycles. The molecule has 3 rings (SSSR count). The molecule has 6 nitrogen and oxygen atoms in total. The van der Waals surface area contributed by atoms with Crippen molar-refractivity contribution < 1.29 is 14.4 Å². The molecular formula is C21H23N3O3S. The Morgan fingerprint density at radius 2 is 1.93 bits per heavy atom. The zero-order chi connectivity index (χ0) is 20.3. The molecular weight excluding hydrogens is 374 g/mol. The first-order valence-corrected chi connectivity index (χ1v) is 9.97. The molecule has 0 aromatic heterocycles. The smallest absolute Gasteiger partial charge is 0.243 e. The van der Waals surface area contributed by atoms with E-state index < -0.39 is 0 Å². The first kappa shape index (κ1) is 19.9. The molecule has 1 N–H and O–H groups in total. The number of rotatable bonds is 5. The summed E-state index contributed by atoms with van der Waals surface area (Å²) in [6, 6.07) is 13.3. The van der Waals surface area contributed by atoms with E-state index in [1.165, 1.54) is 21.6 Å². The molecule has 28 heavy (non-hydrogen) atoms. The molecule has 2 aromatic rings. The van der Waals surface area contributed by atoms with Crippen LogP contribution in [0.25, 0.3) is 0 Å². The van der Waals surface area contributed by atoms with Crippen LogP contribution in [0.5, 0.6) is 0 Å². The Bertz CT molecular complexity index is 929. The second-order valence-electron chi connectivity index (χ2n) is 6.85.